The molecular weight excluding hydrogens is 346 g/mol. The maximum atomic E-state index is 12.8. The summed E-state index contributed by atoms with van der Waals surface area (Å²) in [4.78, 5) is 28.9. The van der Waals surface area contributed by atoms with Crippen LogP contribution < -0.4 is 10.2 Å². The van der Waals surface area contributed by atoms with E-state index < -0.39 is 0 Å². The maximum Gasteiger partial charge on any atom is 0.252 e. The number of carbonyl (C=O) groups is 2. The number of likely N-dealkylation sites (N-methyl/N-ethyl adjacent to an activating group) is 1. The van der Waals surface area contributed by atoms with Crippen LogP contribution in [0.1, 0.15) is 30.1 Å². The molecule has 1 saturated heterocycles. The second-order valence-electron chi connectivity index (χ2n) is 6.70. The number of rotatable bonds is 5. The van der Waals surface area contributed by atoms with Gasteiger partial charge in [0.15, 0.2) is 0 Å². The van der Waals surface area contributed by atoms with Gasteiger partial charge in [0.1, 0.15) is 0 Å². The smallest absolute Gasteiger partial charge is 0.252 e. The zero-order valence-corrected chi connectivity index (χ0v) is 16.0. The molecule has 6 heteroatoms. The molecule has 138 valence electrons. The number of benzene rings is 1. The first-order valence-corrected chi connectivity index (χ1v) is 9.90. The molecule has 1 aliphatic rings. The van der Waals surface area contributed by atoms with Gasteiger partial charge in [-0.2, -0.15) is 11.3 Å². The van der Waals surface area contributed by atoms with Gasteiger partial charge in [-0.05, 0) is 43.3 Å². The number of piperidine rings is 1. The van der Waals surface area contributed by atoms with Crippen molar-refractivity contribution >= 4 is 28.8 Å². The average Bonchev–Trinajstić information content (AvgIpc) is 3.22. The van der Waals surface area contributed by atoms with Crippen LogP contribution in [0.2, 0.25) is 0 Å². The first-order valence-electron chi connectivity index (χ1n) is 8.96. The lowest BCUT2D eigenvalue weighted by molar-refractivity contribution is -0.123. The molecule has 2 heterocycles. The normalized spacial score (nSPS) is 16.8. The fraction of sp³-hybridized carbons (Fsp3) is 0.400. The summed E-state index contributed by atoms with van der Waals surface area (Å²) in [5.74, 6) is 0.0922. The number of amides is 2. The predicted molar refractivity (Wildman–Crippen MR) is 106 cm³/mol. The first-order chi connectivity index (χ1) is 12.6. The molecule has 0 saturated carbocycles. The highest BCUT2D eigenvalue weighted by Crippen LogP contribution is 2.18. The highest BCUT2D eigenvalue weighted by Gasteiger charge is 2.29. The van der Waals surface area contributed by atoms with E-state index >= 15 is 0 Å². The molecule has 1 N–H and O–H groups in total. The Bertz CT molecular complexity index is 725. The Kier molecular flexibility index (Phi) is 6.06. The van der Waals surface area contributed by atoms with E-state index in [1.165, 1.54) is 11.3 Å². The Morgan fingerprint density at radius 3 is 2.50 bits per heavy atom. The average molecular weight is 372 g/mol. The molecule has 0 radical (unpaired) electrons. The Balaban J connectivity index is 1.51. The molecule has 0 bridgehead atoms. The maximum absolute atomic E-state index is 12.8. The molecule has 3 rings (SSSR count). The third-order valence-electron chi connectivity index (χ3n) is 5.03. The number of nitrogens with zero attached hydrogens (tertiary/aromatic N) is 2. The highest BCUT2D eigenvalue weighted by atomic mass is 32.1. The van der Waals surface area contributed by atoms with Gasteiger partial charge >= 0.3 is 0 Å². The number of anilines is 1. The molecule has 1 fully saturated rings. The minimum Gasteiger partial charge on any atom is -0.349 e. The molecule has 1 aliphatic heterocycles. The van der Waals surface area contributed by atoms with Crippen molar-refractivity contribution in [2.24, 2.45) is 0 Å². The highest BCUT2D eigenvalue weighted by molar-refractivity contribution is 7.08. The van der Waals surface area contributed by atoms with Crippen LogP contribution in [0.3, 0.4) is 0 Å². The van der Waals surface area contributed by atoms with Crippen LogP contribution in [0.4, 0.5) is 5.69 Å². The van der Waals surface area contributed by atoms with Crippen molar-refractivity contribution in [1.82, 2.24) is 10.2 Å². The Morgan fingerprint density at radius 2 is 1.88 bits per heavy atom. The lowest BCUT2D eigenvalue weighted by Crippen LogP contribution is -2.52. The number of hydrogen-bond acceptors (Lipinski definition) is 4. The lowest BCUT2D eigenvalue weighted by atomic mass is 10.0. The van der Waals surface area contributed by atoms with Crippen LogP contribution in [0, 0.1) is 0 Å². The summed E-state index contributed by atoms with van der Waals surface area (Å²) in [6, 6.07) is 11.5. The zero-order chi connectivity index (χ0) is 18.5. The van der Waals surface area contributed by atoms with Crippen molar-refractivity contribution in [3.05, 3.63) is 52.7 Å². The summed E-state index contributed by atoms with van der Waals surface area (Å²) < 4.78 is 0. The van der Waals surface area contributed by atoms with Gasteiger partial charge in [-0.25, -0.2) is 0 Å². The SMILES string of the molecule is CC(C(=O)N(C)c1ccccc1)N1CCC(NC(=O)c2ccsc2)CC1. The largest absolute Gasteiger partial charge is 0.349 e. The van der Waals surface area contributed by atoms with Crippen LogP contribution in [0.25, 0.3) is 0 Å². The number of thiophene rings is 1. The van der Waals surface area contributed by atoms with Gasteiger partial charge in [0.05, 0.1) is 6.04 Å². The van der Waals surface area contributed by atoms with Gasteiger partial charge in [-0.1, -0.05) is 18.2 Å². The van der Waals surface area contributed by atoms with Gasteiger partial charge in [0, 0.05) is 42.8 Å². The summed E-state index contributed by atoms with van der Waals surface area (Å²) in [6.07, 6.45) is 1.73. The number of hydrogen-bond donors (Lipinski definition) is 1. The van der Waals surface area contributed by atoms with E-state index in [0.29, 0.717) is 0 Å². The van der Waals surface area contributed by atoms with Gasteiger partial charge < -0.3 is 10.2 Å². The molecule has 26 heavy (non-hydrogen) atoms. The van der Waals surface area contributed by atoms with Crippen LogP contribution in [0.15, 0.2) is 47.2 Å². The third-order valence-corrected chi connectivity index (χ3v) is 5.71. The minimum absolute atomic E-state index is 0.00219. The van der Waals surface area contributed by atoms with E-state index in [2.05, 4.69) is 10.2 Å². The second-order valence-corrected chi connectivity index (χ2v) is 7.48. The molecule has 0 aliphatic carbocycles. The number of para-hydroxylation sites is 1. The van der Waals surface area contributed by atoms with Crippen LogP contribution in [-0.2, 0) is 4.79 Å². The molecule has 5 nitrogen and oxygen atoms in total. The van der Waals surface area contributed by atoms with E-state index in [4.69, 9.17) is 0 Å². The van der Waals surface area contributed by atoms with E-state index in [-0.39, 0.29) is 23.9 Å². The third kappa shape index (κ3) is 4.31. The van der Waals surface area contributed by atoms with Crippen LogP contribution in [0.5, 0.6) is 0 Å². The minimum atomic E-state index is -0.172. The zero-order valence-electron chi connectivity index (χ0n) is 15.2. The predicted octanol–water partition coefficient (Wildman–Crippen LogP) is 2.99. The monoisotopic (exact) mass is 371 g/mol. The van der Waals surface area contributed by atoms with Crippen molar-refractivity contribution < 1.29 is 9.59 Å². The summed E-state index contributed by atoms with van der Waals surface area (Å²) in [6.45, 7) is 3.58. The molecule has 1 atom stereocenters. The quantitative estimate of drug-likeness (QED) is 0.879. The molecule has 1 aromatic carbocycles. The molecular formula is C20H25N3O2S. The lowest BCUT2D eigenvalue weighted by Gasteiger charge is -2.36. The molecule has 0 spiro atoms. The van der Waals surface area contributed by atoms with E-state index in [1.54, 1.807) is 4.90 Å². The summed E-state index contributed by atoms with van der Waals surface area (Å²) in [5.41, 5.74) is 1.63. The number of carbonyl (C=O) groups excluding carboxylic acids is 2. The first kappa shape index (κ1) is 18.6. The summed E-state index contributed by atoms with van der Waals surface area (Å²) in [5, 5.41) is 6.88. The van der Waals surface area contributed by atoms with Gasteiger partial charge in [-0.3, -0.25) is 14.5 Å². The van der Waals surface area contributed by atoms with Crippen molar-refractivity contribution in [1.29, 1.82) is 0 Å². The van der Waals surface area contributed by atoms with Gasteiger partial charge in [-0.15, -0.1) is 0 Å². The van der Waals surface area contributed by atoms with Gasteiger partial charge in [0.25, 0.3) is 5.91 Å². The van der Waals surface area contributed by atoms with Gasteiger partial charge in [0.2, 0.25) is 5.91 Å². The van der Waals surface area contributed by atoms with Crippen molar-refractivity contribution in [3.63, 3.8) is 0 Å². The Morgan fingerprint density at radius 1 is 1.19 bits per heavy atom. The molecule has 2 aromatic rings. The Labute approximate surface area is 158 Å². The molecule has 1 unspecified atom stereocenters. The van der Waals surface area contributed by atoms with E-state index in [0.717, 1.165) is 37.2 Å². The Hall–Kier alpha value is -2.18. The molecule has 1 aromatic heterocycles. The van der Waals surface area contributed by atoms with Crippen molar-refractivity contribution in [3.8, 4) is 0 Å². The standard InChI is InChI=1S/C20H25N3O2S/c1-15(20(25)22(2)18-6-4-3-5-7-18)23-11-8-17(9-12-23)21-19(24)16-10-13-26-14-16/h3-7,10,13-15,17H,8-9,11-12H2,1-2H3,(H,21,24). The molecule has 2 amide bonds. The van der Waals surface area contributed by atoms with Crippen molar-refractivity contribution in [2.45, 2.75) is 31.8 Å². The van der Waals surface area contributed by atoms with E-state index in [1.807, 2.05) is 61.1 Å². The fourth-order valence-corrected chi connectivity index (χ4v) is 3.94. The number of likely N-dealkylation sites (tertiary alicyclic amines) is 1. The summed E-state index contributed by atoms with van der Waals surface area (Å²) in [7, 11) is 1.82. The topological polar surface area (TPSA) is 52.7 Å². The second kappa shape index (κ2) is 8.47. The van der Waals surface area contributed by atoms with Crippen LogP contribution in [-0.4, -0.2) is 48.9 Å². The fourth-order valence-electron chi connectivity index (χ4n) is 3.31. The van der Waals surface area contributed by atoms with E-state index in [9.17, 15) is 9.59 Å². The number of nitrogens with one attached hydrogen (secondary N) is 1. The summed E-state index contributed by atoms with van der Waals surface area (Å²) >= 11 is 1.53. The van der Waals surface area contributed by atoms with Crippen molar-refractivity contribution in [2.75, 3.05) is 25.0 Å². The van der Waals surface area contributed by atoms with Crippen LogP contribution >= 0.6 is 11.3 Å².